The van der Waals surface area contributed by atoms with Gasteiger partial charge in [0, 0.05) is 6.04 Å². The van der Waals surface area contributed by atoms with Crippen LogP contribution < -0.4 is 5.32 Å². The van der Waals surface area contributed by atoms with Crippen LogP contribution in [0.3, 0.4) is 0 Å². The minimum absolute atomic E-state index is 0.0459. The van der Waals surface area contributed by atoms with Gasteiger partial charge in [0.15, 0.2) is 0 Å². The highest BCUT2D eigenvalue weighted by molar-refractivity contribution is 7.46. The molecule has 0 amide bonds. The van der Waals surface area contributed by atoms with Crippen molar-refractivity contribution in [3.05, 3.63) is 35.9 Å². The van der Waals surface area contributed by atoms with E-state index in [0.717, 1.165) is 18.5 Å². The molecule has 0 aliphatic carbocycles. The molecule has 0 spiro atoms. The van der Waals surface area contributed by atoms with Crippen LogP contribution in [0.25, 0.3) is 0 Å². The number of nitrogens with one attached hydrogen (secondary N) is 1. The molecule has 0 bridgehead atoms. The van der Waals surface area contributed by atoms with Gasteiger partial charge in [0.2, 0.25) is 0 Å². The molecule has 1 aromatic carbocycles. The lowest BCUT2D eigenvalue weighted by Gasteiger charge is -2.29. The summed E-state index contributed by atoms with van der Waals surface area (Å²) in [5.74, 6) is -0.322. The van der Waals surface area contributed by atoms with Crippen LogP contribution in [0.1, 0.15) is 37.7 Å². The van der Waals surface area contributed by atoms with Gasteiger partial charge in [0.25, 0.3) is 0 Å². The Labute approximate surface area is 142 Å². The standard InChI is InChI=1S/C14H19NO2.C2H7O4P/c1-17-14(16)13(11-7-3-2-4-8-11)12-9-5-6-10-15-12;1-2-6-7(3,4)5/h2-4,7-8,12-13,15H,5-6,9-10H2,1H3;2H2,1H3,(H2,3,4,5). The van der Waals surface area contributed by atoms with Crippen LogP contribution in [-0.2, 0) is 18.6 Å². The van der Waals surface area contributed by atoms with Crippen molar-refractivity contribution in [2.45, 2.75) is 38.1 Å². The fraction of sp³-hybridized carbons (Fsp3) is 0.562. The number of hydrogen-bond acceptors (Lipinski definition) is 5. The van der Waals surface area contributed by atoms with E-state index < -0.39 is 7.82 Å². The van der Waals surface area contributed by atoms with E-state index in [4.69, 9.17) is 14.5 Å². The van der Waals surface area contributed by atoms with Crippen LogP contribution in [0.4, 0.5) is 0 Å². The topological polar surface area (TPSA) is 105 Å². The van der Waals surface area contributed by atoms with E-state index in [1.807, 2.05) is 30.3 Å². The summed E-state index contributed by atoms with van der Waals surface area (Å²) >= 11 is 0. The molecule has 1 saturated heterocycles. The average molecular weight is 359 g/mol. The van der Waals surface area contributed by atoms with Crippen LogP contribution in [0.2, 0.25) is 0 Å². The second kappa shape index (κ2) is 10.6. The number of ether oxygens (including phenoxy) is 1. The number of phosphoric acid groups is 1. The summed E-state index contributed by atoms with van der Waals surface area (Å²) in [6.45, 7) is 2.55. The number of rotatable bonds is 5. The van der Waals surface area contributed by atoms with Gasteiger partial charge < -0.3 is 19.8 Å². The molecule has 2 unspecified atom stereocenters. The van der Waals surface area contributed by atoms with Crippen molar-refractivity contribution in [3.8, 4) is 0 Å². The number of piperidine rings is 1. The van der Waals surface area contributed by atoms with Crippen molar-refractivity contribution in [2.75, 3.05) is 20.3 Å². The summed E-state index contributed by atoms with van der Waals surface area (Å²) in [5.41, 5.74) is 1.04. The zero-order valence-corrected chi connectivity index (χ0v) is 14.9. The van der Waals surface area contributed by atoms with Crippen molar-refractivity contribution in [1.82, 2.24) is 5.32 Å². The molecule has 136 valence electrons. The first-order valence-corrected chi connectivity index (χ1v) is 9.48. The molecule has 1 fully saturated rings. The monoisotopic (exact) mass is 359 g/mol. The number of esters is 1. The first-order chi connectivity index (χ1) is 11.4. The maximum Gasteiger partial charge on any atom is 0.469 e. The Morgan fingerprint density at radius 3 is 2.42 bits per heavy atom. The Morgan fingerprint density at radius 1 is 1.33 bits per heavy atom. The van der Waals surface area contributed by atoms with Crippen molar-refractivity contribution < 1.29 is 28.4 Å². The minimum Gasteiger partial charge on any atom is -0.469 e. The third-order valence-corrected chi connectivity index (χ3v) is 4.26. The molecule has 1 aliphatic rings. The molecule has 24 heavy (non-hydrogen) atoms. The highest BCUT2D eigenvalue weighted by Crippen LogP contribution is 2.34. The Balaban J connectivity index is 0.000000351. The SMILES string of the molecule is CCOP(=O)(O)O.COC(=O)C(c1ccccc1)C1CCCCN1. The lowest BCUT2D eigenvalue weighted by Crippen LogP contribution is -2.42. The van der Waals surface area contributed by atoms with Crippen LogP contribution in [-0.4, -0.2) is 42.1 Å². The third-order valence-electron chi connectivity index (χ3n) is 3.66. The van der Waals surface area contributed by atoms with E-state index in [9.17, 15) is 9.36 Å². The molecule has 7 nitrogen and oxygen atoms in total. The van der Waals surface area contributed by atoms with Crippen molar-refractivity contribution >= 4 is 13.8 Å². The zero-order chi connectivity index (χ0) is 18.0. The summed E-state index contributed by atoms with van der Waals surface area (Å²) in [6.07, 6.45) is 3.41. The first-order valence-electron chi connectivity index (χ1n) is 7.95. The van der Waals surface area contributed by atoms with Crippen LogP contribution in [0.5, 0.6) is 0 Å². The van der Waals surface area contributed by atoms with E-state index in [0.29, 0.717) is 0 Å². The lowest BCUT2D eigenvalue weighted by atomic mass is 9.86. The first kappa shape index (κ1) is 20.8. The van der Waals surface area contributed by atoms with Crippen molar-refractivity contribution in [1.29, 1.82) is 0 Å². The van der Waals surface area contributed by atoms with Gasteiger partial charge in [-0.15, -0.1) is 0 Å². The highest BCUT2D eigenvalue weighted by Gasteiger charge is 2.31. The highest BCUT2D eigenvalue weighted by atomic mass is 31.2. The van der Waals surface area contributed by atoms with Gasteiger partial charge in [-0.05, 0) is 31.9 Å². The van der Waals surface area contributed by atoms with Gasteiger partial charge >= 0.3 is 13.8 Å². The average Bonchev–Trinajstić information content (AvgIpc) is 2.56. The predicted molar refractivity (Wildman–Crippen MR) is 90.5 cm³/mol. The van der Waals surface area contributed by atoms with E-state index in [-0.39, 0.29) is 24.5 Å². The molecule has 8 heteroatoms. The normalized spacial score (nSPS) is 18.9. The summed E-state index contributed by atoms with van der Waals surface area (Å²) in [5, 5.41) is 3.43. The molecule has 3 N–H and O–H groups in total. The largest absolute Gasteiger partial charge is 0.469 e. The molecule has 0 radical (unpaired) electrons. The number of hydrogen-bond donors (Lipinski definition) is 3. The third kappa shape index (κ3) is 7.55. The second-order valence-corrected chi connectivity index (χ2v) is 6.62. The van der Waals surface area contributed by atoms with E-state index in [1.54, 1.807) is 0 Å². The van der Waals surface area contributed by atoms with Gasteiger partial charge in [0.1, 0.15) is 0 Å². The summed E-state index contributed by atoms with van der Waals surface area (Å²) < 4.78 is 18.5. The van der Waals surface area contributed by atoms with E-state index in [1.165, 1.54) is 26.9 Å². The summed E-state index contributed by atoms with van der Waals surface area (Å²) in [4.78, 5) is 27.8. The number of methoxy groups -OCH3 is 1. The van der Waals surface area contributed by atoms with Crippen LogP contribution in [0, 0.1) is 0 Å². The zero-order valence-electron chi connectivity index (χ0n) is 14.1. The Kier molecular flexibility index (Phi) is 9.18. The number of carbonyl (C=O) groups is 1. The van der Waals surface area contributed by atoms with Crippen molar-refractivity contribution in [3.63, 3.8) is 0 Å². The molecule has 0 aromatic heterocycles. The maximum atomic E-state index is 11.9. The quantitative estimate of drug-likeness (QED) is 0.547. The van der Waals surface area contributed by atoms with E-state index >= 15 is 0 Å². The number of benzene rings is 1. The van der Waals surface area contributed by atoms with E-state index in [2.05, 4.69) is 9.84 Å². The van der Waals surface area contributed by atoms with Gasteiger partial charge in [-0.1, -0.05) is 36.8 Å². The molecule has 1 aromatic rings. The molecular formula is C16H26NO6P. The van der Waals surface area contributed by atoms with Gasteiger partial charge in [-0.2, -0.15) is 0 Å². The molecule has 1 heterocycles. The Bertz CT molecular complexity index is 527. The fourth-order valence-corrected chi connectivity index (χ4v) is 2.99. The van der Waals surface area contributed by atoms with Gasteiger partial charge in [0.05, 0.1) is 19.6 Å². The van der Waals surface area contributed by atoms with Gasteiger partial charge in [-0.3, -0.25) is 9.32 Å². The molecular weight excluding hydrogens is 333 g/mol. The minimum atomic E-state index is -4.17. The van der Waals surface area contributed by atoms with Crippen LogP contribution in [0.15, 0.2) is 30.3 Å². The molecule has 0 saturated carbocycles. The predicted octanol–water partition coefficient (Wildman–Crippen LogP) is 2.20. The summed E-state index contributed by atoms with van der Waals surface area (Å²) in [6, 6.07) is 10.1. The van der Waals surface area contributed by atoms with Crippen molar-refractivity contribution in [2.24, 2.45) is 0 Å². The number of phosphoric ester groups is 1. The fourth-order valence-electron chi connectivity index (χ4n) is 2.65. The Hall–Kier alpha value is -1.24. The number of carbonyl (C=O) groups excluding carboxylic acids is 1. The molecule has 2 atom stereocenters. The molecule has 2 rings (SSSR count). The van der Waals surface area contributed by atoms with Crippen LogP contribution >= 0.6 is 7.82 Å². The lowest BCUT2D eigenvalue weighted by molar-refractivity contribution is -0.143. The summed E-state index contributed by atoms with van der Waals surface area (Å²) in [7, 11) is -2.71. The smallest absolute Gasteiger partial charge is 0.469 e. The van der Waals surface area contributed by atoms with Gasteiger partial charge in [-0.25, -0.2) is 4.57 Å². The maximum absolute atomic E-state index is 11.9. The Morgan fingerprint density at radius 2 is 2.00 bits per heavy atom. The second-order valence-electron chi connectivity index (χ2n) is 5.38. The molecule has 1 aliphatic heterocycles.